The number of sulfonamides is 1. The van der Waals surface area contributed by atoms with Crippen LogP contribution in [0.15, 0.2) is 29.2 Å². The third-order valence-electron chi connectivity index (χ3n) is 4.79. The second kappa shape index (κ2) is 8.67. The molecule has 7 heteroatoms. The van der Waals surface area contributed by atoms with Crippen molar-refractivity contribution in [3.8, 4) is 5.75 Å². The Morgan fingerprint density at radius 2 is 1.80 bits per heavy atom. The molecule has 0 aromatic heterocycles. The van der Waals surface area contributed by atoms with E-state index in [2.05, 4.69) is 0 Å². The summed E-state index contributed by atoms with van der Waals surface area (Å²) >= 11 is 0. The minimum absolute atomic E-state index is 0.0253. The maximum absolute atomic E-state index is 13.0. The normalized spacial score (nSPS) is 16.7. The van der Waals surface area contributed by atoms with Gasteiger partial charge in [-0.05, 0) is 31.4 Å². The molecule has 25 heavy (non-hydrogen) atoms. The molecule has 0 atom stereocenters. The van der Waals surface area contributed by atoms with Gasteiger partial charge in [-0.3, -0.25) is 4.79 Å². The standard InChI is InChI=1S/C18H28N2O4S/c1-4-15(5-2)18(21)19-11-8-12-20(14-13-19)25(22,23)17-10-7-6-9-16(17)24-3/h6-7,9-10,15H,4-5,8,11-14H2,1-3H3. The van der Waals surface area contributed by atoms with E-state index in [-0.39, 0.29) is 16.7 Å². The Balaban J connectivity index is 2.16. The number of benzene rings is 1. The summed E-state index contributed by atoms with van der Waals surface area (Å²) in [4.78, 5) is 14.6. The van der Waals surface area contributed by atoms with Gasteiger partial charge >= 0.3 is 0 Å². The molecule has 140 valence electrons. The van der Waals surface area contributed by atoms with E-state index in [1.165, 1.54) is 11.4 Å². The first-order chi connectivity index (χ1) is 12.0. The summed E-state index contributed by atoms with van der Waals surface area (Å²) in [6, 6.07) is 6.65. The molecule has 2 rings (SSSR count). The lowest BCUT2D eigenvalue weighted by atomic mass is 10.0. The molecule has 0 aliphatic carbocycles. The van der Waals surface area contributed by atoms with Crippen molar-refractivity contribution in [3.05, 3.63) is 24.3 Å². The first-order valence-electron chi connectivity index (χ1n) is 8.87. The Hall–Kier alpha value is -1.60. The molecule has 1 aromatic carbocycles. The molecule has 1 aromatic rings. The molecule has 1 saturated heterocycles. The predicted molar refractivity (Wildman–Crippen MR) is 97.0 cm³/mol. The quantitative estimate of drug-likeness (QED) is 0.773. The van der Waals surface area contributed by atoms with Crippen LogP contribution in [0.25, 0.3) is 0 Å². The zero-order valence-corrected chi connectivity index (χ0v) is 16.1. The number of para-hydroxylation sites is 1. The summed E-state index contributed by atoms with van der Waals surface area (Å²) < 4.78 is 32.6. The molecule has 0 bridgehead atoms. The van der Waals surface area contributed by atoms with Gasteiger partial charge in [0, 0.05) is 32.1 Å². The SMILES string of the molecule is CCC(CC)C(=O)N1CCCN(S(=O)(=O)c2ccccc2OC)CC1. The highest BCUT2D eigenvalue weighted by Gasteiger charge is 2.31. The highest BCUT2D eigenvalue weighted by Crippen LogP contribution is 2.27. The molecule has 0 saturated carbocycles. The lowest BCUT2D eigenvalue weighted by Gasteiger charge is -2.25. The molecular formula is C18H28N2O4S. The van der Waals surface area contributed by atoms with Gasteiger partial charge in [0.1, 0.15) is 10.6 Å². The zero-order valence-electron chi connectivity index (χ0n) is 15.3. The lowest BCUT2D eigenvalue weighted by molar-refractivity contribution is -0.135. The fraction of sp³-hybridized carbons (Fsp3) is 0.611. The molecule has 0 radical (unpaired) electrons. The van der Waals surface area contributed by atoms with Crippen molar-refractivity contribution in [2.24, 2.45) is 5.92 Å². The van der Waals surface area contributed by atoms with E-state index < -0.39 is 10.0 Å². The Morgan fingerprint density at radius 3 is 2.44 bits per heavy atom. The molecule has 6 nitrogen and oxygen atoms in total. The Kier molecular flexibility index (Phi) is 6.84. The summed E-state index contributed by atoms with van der Waals surface area (Å²) in [5.41, 5.74) is 0. The van der Waals surface area contributed by atoms with Crippen molar-refractivity contribution < 1.29 is 17.9 Å². The van der Waals surface area contributed by atoms with E-state index in [4.69, 9.17) is 4.74 Å². The number of carbonyl (C=O) groups is 1. The Labute approximate surface area is 150 Å². The van der Waals surface area contributed by atoms with Crippen LogP contribution in [-0.4, -0.2) is 56.8 Å². The number of ether oxygens (including phenoxy) is 1. The summed E-state index contributed by atoms with van der Waals surface area (Å²) in [6.07, 6.45) is 2.27. The van der Waals surface area contributed by atoms with Gasteiger partial charge in [0.05, 0.1) is 7.11 Å². The molecule has 1 aliphatic heterocycles. The van der Waals surface area contributed by atoms with Crippen LogP contribution >= 0.6 is 0 Å². The molecule has 1 aliphatic rings. The van der Waals surface area contributed by atoms with Crippen molar-refractivity contribution in [2.75, 3.05) is 33.3 Å². The maximum atomic E-state index is 13.0. The van der Waals surface area contributed by atoms with Crippen LogP contribution in [-0.2, 0) is 14.8 Å². The van der Waals surface area contributed by atoms with Crippen molar-refractivity contribution in [3.63, 3.8) is 0 Å². The first-order valence-corrected chi connectivity index (χ1v) is 10.3. The third-order valence-corrected chi connectivity index (χ3v) is 6.73. The molecule has 1 heterocycles. The monoisotopic (exact) mass is 368 g/mol. The number of rotatable bonds is 6. The number of amides is 1. The van der Waals surface area contributed by atoms with E-state index >= 15 is 0 Å². The van der Waals surface area contributed by atoms with Crippen molar-refractivity contribution in [1.29, 1.82) is 0 Å². The number of hydrogen-bond acceptors (Lipinski definition) is 4. The predicted octanol–water partition coefficient (Wildman–Crippen LogP) is 2.35. The van der Waals surface area contributed by atoms with E-state index in [1.54, 1.807) is 24.3 Å². The van der Waals surface area contributed by atoms with Gasteiger partial charge < -0.3 is 9.64 Å². The van der Waals surface area contributed by atoms with Gasteiger partial charge in [-0.25, -0.2) is 8.42 Å². The van der Waals surface area contributed by atoms with Gasteiger partial charge in [-0.1, -0.05) is 26.0 Å². The average molecular weight is 368 g/mol. The summed E-state index contributed by atoms with van der Waals surface area (Å²) in [7, 11) is -2.17. The van der Waals surface area contributed by atoms with Crippen LogP contribution in [0.5, 0.6) is 5.75 Å². The highest BCUT2D eigenvalue weighted by molar-refractivity contribution is 7.89. The van der Waals surface area contributed by atoms with Crippen molar-refractivity contribution in [1.82, 2.24) is 9.21 Å². The molecule has 0 unspecified atom stereocenters. The summed E-state index contributed by atoms with van der Waals surface area (Å²) in [6.45, 7) is 5.79. The fourth-order valence-electron chi connectivity index (χ4n) is 3.22. The van der Waals surface area contributed by atoms with E-state index in [1.807, 2.05) is 18.7 Å². The molecule has 1 amide bonds. The van der Waals surface area contributed by atoms with Gasteiger partial charge in [-0.2, -0.15) is 4.31 Å². The van der Waals surface area contributed by atoms with Crippen LogP contribution < -0.4 is 4.74 Å². The third kappa shape index (κ3) is 4.33. The van der Waals surface area contributed by atoms with Gasteiger partial charge in [0.2, 0.25) is 15.9 Å². The minimum atomic E-state index is -3.64. The number of hydrogen-bond donors (Lipinski definition) is 0. The van der Waals surface area contributed by atoms with Gasteiger partial charge in [0.25, 0.3) is 0 Å². The van der Waals surface area contributed by atoms with Crippen molar-refractivity contribution in [2.45, 2.75) is 38.0 Å². The summed E-state index contributed by atoms with van der Waals surface area (Å²) in [5.74, 6) is 0.510. The van der Waals surface area contributed by atoms with E-state index in [9.17, 15) is 13.2 Å². The number of nitrogens with zero attached hydrogens (tertiary/aromatic N) is 2. The van der Waals surface area contributed by atoms with Crippen LogP contribution in [0, 0.1) is 5.92 Å². The maximum Gasteiger partial charge on any atom is 0.246 e. The average Bonchev–Trinajstić information content (AvgIpc) is 2.89. The van der Waals surface area contributed by atoms with Crippen molar-refractivity contribution >= 4 is 15.9 Å². The second-order valence-electron chi connectivity index (χ2n) is 6.25. The molecule has 0 spiro atoms. The molecule has 1 fully saturated rings. The lowest BCUT2D eigenvalue weighted by Crippen LogP contribution is -2.39. The summed E-state index contributed by atoms with van der Waals surface area (Å²) in [5, 5.41) is 0. The first kappa shape index (κ1) is 19.7. The van der Waals surface area contributed by atoms with Crippen LogP contribution in [0.3, 0.4) is 0 Å². The van der Waals surface area contributed by atoms with E-state index in [0.29, 0.717) is 38.3 Å². The Morgan fingerprint density at radius 1 is 1.12 bits per heavy atom. The zero-order chi connectivity index (χ0) is 18.4. The van der Waals surface area contributed by atoms with Crippen LogP contribution in [0.4, 0.5) is 0 Å². The van der Waals surface area contributed by atoms with Crippen LogP contribution in [0.2, 0.25) is 0 Å². The topological polar surface area (TPSA) is 66.9 Å². The highest BCUT2D eigenvalue weighted by atomic mass is 32.2. The molecular weight excluding hydrogens is 340 g/mol. The molecule has 0 N–H and O–H groups in total. The number of carbonyl (C=O) groups excluding carboxylic acids is 1. The second-order valence-corrected chi connectivity index (χ2v) is 8.15. The minimum Gasteiger partial charge on any atom is -0.495 e. The number of methoxy groups -OCH3 is 1. The van der Waals surface area contributed by atoms with Crippen LogP contribution in [0.1, 0.15) is 33.1 Å². The fourth-order valence-corrected chi connectivity index (χ4v) is 4.85. The van der Waals surface area contributed by atoms with E-state index in [0.717, 1.165) is 12.8 Å². The smallest absolute Gasteiger partial charge is 0.246 e. The van der Waals surface area contributed by atoms with Gasteiger partial charge in [-0.15, -0.1) is 0 Å². The Bertz CT molecular complexity index is 686. The largest absolute Gasteiger partial charge is 0.495 e. The van der Waals surface area contributed by atoms with Gasteiger partial charge in [0.15, 0.2) is 0 Å².